The number of benzene rings is 3. The fraction of sp³-hybridized carbons (Fsp3) is 0.250. The van der Waals surface area contributed by atoms with Gasteiger partial charge in [0, 0.05) is 22.3 Å². The van der Waals surface area contributed by atoms with Crippen molar-refractivity contribution in [1.29, 1.82) is 0 Å². The Hall–Kier alpha value is -3.43. The quantitative estimate of drug-likeness (QED) is 0.358. The van der Waals surface area contributed by atoms with Crippen molar-refractivity contribution in [3.8, 4) is 0 Å². The number of carbonyl (C=O) groups excluding carboxylic acids is 3. The van der Waals surface area contributed by atoms with Gasteiger partial charge in [-0.3, -0.25) is 14.9 Å². The fourth-order valence-electron chi connectivity index (χ4n) is 5.22. The maximum absolute atomic E-state index is 15.3. The van der Waals surface area contributed by atoms with Crippen molar-refractivity contribution in [2.24, 2.45) is 0 Å². The van der Waals surface area contributed by atoms with Crippen molar-refractivity contribution < 1.29 is 23.5 Å². The highest BCUT2D eigenvalue weighted by molar-refractivity contribution is 9.10. The number of rotatable bonds is 4. The van der Waals surface area contributed by atoms with Gasteiger partial charge in [-0.1, -0.05) is 45.7 Å². The molecule has 2 N–H and O–H groups in total. The average Bonchev–Trinajstić information content (AvgIpc) is 2.89. The highest BCUT2D eigenvalue weighted by Gasteiger charge is 2.53. The number of amides is 3. The largest absolute Gasteiger partial charge is 0.435 e. The number of hydrogen-bond acceptors (Lipinski definition) is 4. The van der Waals surface area contributed by atoms with Crippen molar-refractivity contribution in [1.82, 2.24) is 4.90 Å². The average molecular weight is 601 g/mol. The van der Waals surface area contributed by atoms with Gasteiger partial charge in [-0.15, -0.1) is 0 Å². The van der Waals surface area contributed by atoms with Crippen LogP contribution in [0.2, 0.25) is 5.02 Å². The first-order chi connectivity index (χ1) is 18.2. The van der Waals surface area contributed by atoms with Crippen LogP contribution in [-0.4, -0.2) is 35.4 Å². The summed E-state index contributed by atoms with van der Waals surface area (Å²) in [5, 5.41) is 5.28. The number of fused-ring (bicyclic) bond motifs is 2. The molecule has 0 radical (unpaired) electrons. The first-order valence-electron chi connectivity index (χ1n) is 12.1. The van der Waals surface area contributed by atoms with Crippen LogP contribution in [0.3, 0.4) is 0 Å². The third-order valence-corrected chi connectivity index (χ3v) is 7.87. The molecule has 2 aliphatic heterocycles. The van der Waals surface area contributed by atoms with Crippen LogP contribution in [0.1, 0.15) is 41.3 Å². The predicted octanol–water partition coefficient (Wildman–Crippen LogP) is 6.50. The molecule has 10 heteroatoms. The second kappa shape index (κ2) is 10.4. The van der Waals surface area contributed by atoms with E-state index >= 15 is 4.39 Å². The van der Waals surface area contributed by atoms with Crippen LogP contribution in [0.4, 0.5) is 20.6 Å². The summed E-state index contributed by atoms with van der Waals surface area (Å²) in [6.45, 7) is 2.13. The molecule has 5 rings (SSSR count). The van der Waals surface area contributed by atoms with Crippen molar-refractivity contribution >= 4 is 56.8 Å². The molecular weight excluding hydrogens is 577 g/mol. The Kier molecular flexibility index (Phi) is 7.15. The molecule has 0 aromatic heterocycles. The number of likely N-dealkylation sites (tertiary alicyclic amines) is 1. The predicted molar refractivity (Wildman–Crippen MR) is 146 cm³/mol. The van der Waals surface area contributed by atoms with Crippen LogP contribution >= 0.6 is 27.5 Å². The summed E-state index contributed by atoms with van der Waals surface area (Å²) in [4.78, 5) is 40.3. The molecule has 38 heavy (non-hydrogen) atoms. The van der Waals surface area contributed by atoms with Gasteiger partial charge in [0.05, 0.1) is 28.7 Å². The summed E-state index contributed by atoms with van der Waals surface area (Å²) < 4.78 is 22.0. The Labute approximate surface area is 232 Å². The zero-order chi connectivity index (χ0) is 27.0. The normalized spacial score (nSPS) is 20.4. The van der Waals surface area contributed by atoms with Crippen LogP contribution in [0.15, 0.2) is 65.1 Å². The number of ether oxygens (including phenoxy) is 1. The number of hydrogen-bond donors (Lipinski definition) is 2. The van der Waals surface area contributed by atoms with Crippen LogP contribution in [0.5, 0.6) is 0 Å². The van der Waals surface area contributed by atoms with E-state index in [0.29, 0.717) is 30.6 Å². The molecule has 2 heterocycles. The summed E-state index contributed by atoms with van der Waals surface area (Å²) in [6, 6.07) is 16.3. The van der Waals surface area contributed by atoms with E-state index in [0.717, 1.165) is 10.0 Å². The third-order valence-electron chi connectivity index (χ3n) is 7.05. The van der Waals surface area contributed by atoms with E-state index in [4.69, 9.17) is 16.3 Å². The lowest BCUT2D eigenvalue weighted by molar-refractivity contribution is -0.115. The topological polar surface area (TPSA) is 87.7 Å². The zero-order valence-electron chi connectivity index (χ0n) is 20.4. The molecule has 1 fully saturated rings. The van der Waals surface area contributed by atoms with Gasteiger partial charge in [-0.05, 0) is 67.8 Å². The number of carbonyl (C=O) groups is 3. The van der Waals surface area contributed by atoms with Crippen molar-refractivity contribution in [2.45, 2.75) is 37.8 Å². The lowest BCUT2D eigenvalue weighted by atomic mass is 9.77. The number of nitrogens with one attached hydrogen (secondary N) is 2. The lowest BCUT2D eigenvalue weighted by Crippen LogP contribution is -2.59. The number of piperidine rings is 1. The van der Waals surface area contributed by atoms with Gasteiger partial charge in [0.25, 0.3) is 5.91 Å². The molecule has 0 aliphatic carbocycles. The standard InChI is InChI=1S/C28H24BrClFN3O4/c1-16-28(24-22(33-27(37)38-28)11-10-21(30)25(24)31)12-3-13-34(16)26(36)18-4-2-5-20(15-18)32-23(35)14-17-6-8-19(29)9-7-17/h2,4-11,15-16H,3,12-14H2,1H3,(H,32,35)(H,33,37). The summed E-state index contributed by atoms with van der Waals surface area (Å²) in [6.07, 6.45) is 0.292. The highest BCUT2D eigenvalue weighted by atomic mass is 79.9. The minimum atomic E-state index is -1.39. The van der Waals surface area contributed by atoms with Crippen LogP contribution < -0.4 is 10.6 Å². The molecule has 1 saturated heterocycles. The van der Waals surface area contributed by atoms with Gasteiger partial charge in [0.2, 0.25) is 5.91 Å². The number of nitrogens with zero attached hydrogens (tertiary/aromatic N) is 1. The molecule has 2 aliphatic rings. The number of halogens is 3. The smallest absolute Gasteiger partial charge is 0.412 e. The van der Waals surface area contributed by atoms with Crippen LogP contribution in [0, 0.1) is 5.82 Å². The maximum atomic E-state index is 15.3. The molecule has 3 amide bonds. The summed E-state index contributed by atoms with van der Waals surface area (Å²) in [7, 11) is 0. The van der Waals surface area contributed by atoms with E-state index in [2.05, 4.69) is 26.6 Å². The van der Waals surface area contributed by atoms with Crippen LogP contribution in [-0.2, 0) is 21.6 Å². The Morgan fingerprint density at radius 1 is 1.21 bits per heavy atom. The fourth-order valence-corrected chi connectivity index (χ4v) is 5.64. The minimum Gasteiger partial charge on any atom is -0.435 e. The van der Waals surface area contributed by atoms with Crippen molar-refractivity contribution in [3.63, 3.8) is 0 Å². The Morgan fingerprint density at radius 2 is 1.97 bits per heavy atom. The molecule has 196 valence electrons. The van der Waals surface area contributed by atoms with Crippen molar-refractivity contribution in [3.05, 3.63) is 92.7 Å². The molecule has 7 nitrogen and oxygen atoms in total. The zero-order valence-corrected chi connectivity index (χ0v) is 22.7. The van der Waals surface area contributed by atoms with Gasteiger partial charge < -0.3 is 15.0 Å². The Balaban J connectivity index is 1.38. The molecular formula is C28H24BrClFN3O4. The Bertz CT molecular complexity index is 1430. The first kappa shape index (κ1) is 26.2. The minimum absolute atomic E-state index is 0.0925. The summed E-state index contributed by atoms with van der Waals surface area (Å²) >= 11 is 9.46. The van der Waals surface area contributed by atoms with E-state index in [1.807, 2.05) is 24.3 Å². The van der Waals surface area contributed by atoms with Gasteiger partial charge in [-0.2, -0.15) is 0 Å². The van der Waals surface area contributed by atoms with Gasteiger partial charge in [0.1, 0.15) is 0 Å². The van der Waals surface area contributed by atoms with E-state index in [-0.39, 0.29) is 34.5 Å². The van der Waals surface area contributed by atoms with E-state index in [9.17, 15) is 14.4 Å². The molecule has 0 saturated carbocycles. The molecule has 3 aromatic carbocycles. The molecule has 0 bridgehead atoms. The lowest BCUT2D eigenvalue weighted by Gasteiger charge is -2.50. The molecule has 3 aromatic rings. The highest BCUT2D eigenvalue weighted by Crippen LogP contribution is 2.48. The third kappa shape index (κ3) is 4.88. The first-order valence-corrected chi connectivity index (χ1v) is 13.3. The summed E-state index contributed by atoms with van der Waals surface area (Å²) in [5.74, 6) is -1.22. The van der Waals surface area contributed by atoms with Gasteiger partial charge in [0.15, 0.2) is 11.4 Å². The Morgan fingerprint density at radius 3 is 2.74 bits per heavy atom. The molecule has 1 spiro atoms. The maximum Gasteiger partial charge on any atom is 0.412 e. The van der Waals surface area contributed by atoms with Gasteiger partial charge in [-0.25, -0.2) is 9.18 Å². The van der Waals surface area contributed by atoms with Gasteiger partial charge >= 0.3 is 6.09 Å². The second-order valence-corrected chi connectivity index (χ2v) is 10.7. The van der Waals surface area contributed by atoms with E-state index in [1.54, 1.807) is 36.1 Å². The molecule has 2 unspecified atom stereocenters. The molecule has 2 atom stereocenters. The van der Waals surface area contributed by atoms with Crippen molar-refractivity contribution in [2.75, 3.05) is 17.2 Å². The summed E-state index contributed by atoms with van der Waals surface area (Å²) in [5.41, 5.74) is 0.714. The van der Waals surface area contributed by atoms with E-state index in [1.165, 1.54) is 12.1 Å². The van der Waals surface area contributed by atoms with E-state index < -0.39 is 23.6 Å². The SMILES string of the molecule is CC1N(C(=O)c2cccc(NC(=O)Cc3ccc(Br)cc3)c2)CCCC12OC(=O)Nc1ccc(Cl)c(F)c12. The number of anilines is 2. The monoisotopic (exact) mass is 599 g/mol. The second-order valence-electron chi connectivity index (χ2n) is 9.40. The van der Waals surface area contributed by atoms with Crippen LogP contribution in [0.25, 0.3) is 0 Å².